The summed E-state index contributed by atoms with van der Waals surface area (Å²) in [6.45, 7) is 0. The molecule has 0 aliphatic carbocycles. The van der Waals surface area contributed by atoms with Gasteiger partial charge in [-0.25, -0.2) is 8.78 Å². The molecule has 2 rings (SSSR count). The third-order valence-electron chi connectivity index (χ3n) is 2.37. The number of carbonyl (C=O) groups excluding carboxylic acids is 1. The van der Waals surface area contributed by atoms with Crippen molar-refractivity contribution >= 4 is 39.1 Å². The summed E-state index contributed by atoms with van der Waals surface area (Å²) in [5, 5.41) is 2.39. The molecular weight excluding hydrogens is 340 g/mol. The topological polar surface area (TPSA) is 29.1 Å². The number of anilines is 1. The Morgan fingerprint density at radius 3 is 2.63 bits per heavy atom. The van der Waals surface area contributed by atoms with E-state index in [0.29, 0.717) is 4.47 Å². The molecule has 0 atom stereocenters. The minimum atomic E-state index is -0.741. The number of rotatable bonds is 2. The number of halogens is 4. The lowest BCUT2D eigenvalue weighted by Crippen LogP contribution is -2.15. The maximum absolute atomic E-state index is 13.6. The molecule has 2 aromatic carbocycles. The van der Waals surface area contributed by atoms with E-state index in [1.54, 1.807) is 0 Å². The average Bonchev–Trinajstić information content (AvgIpc) is 2.33. The summed E-state index contributed by atoms with van der Waals surface area (Å²) in [5.41, 5.74) is -0.0790. The van der Waals surface area contributed by atoms with E-state index in [2.05, 4.69) is 21.2 Å². The SMILES string of the molecule is O=C(Nc1cc(F)ccc1Br)c1c(F)cccc1Cl. The summed E-state index contributed by atoms with van der Waals surface area (Å²) in [7, 11) is 0. The summed E-state index contributed by atoms with van der Waals surface area (Å²) in [6.07, 6.45) is 0. The molecule has 0 fully saturated rings. The molecule has 0 heterocycles. The molecule has 0 aliphatic heterocycles. The van der Waals surface area contributed by atoms with Crippen molar-refractivity contribution in [1.29, 1.82) is 0 Å². The second-order valence-electron chi connectivity index (χ2n) is 3.67. The van der Waals surface area contributed by atoms with Crippen LogP contribution < -0.4 is 5.32 Å². The molecular formula is C13H7BrClF2NO. The van der Waals surface area contributed by atoms with E-state index in [9.17, 15) is 13.6 Å². The van der Waals surface area contributed by atoms with Gasteiger partial charge in [-0.05, 0) is 46.3 Å². The molecule has 6 heteroatoms. The van der Waals surface area contributed by atoms with Crippen molar-refractivity contribution in [3.8, 4) is 0 Å². The Labute approximate surface area is 121 Å². The van der Waals surface area contributed by atoms with Crippen LogP contribution in [0.4, 0.5) is 14.5 Å². The zero-order valence-corrected chi connectivity index (χ0v) is 11.7. The predicted molar refractivity (Wildman–Crippen MR) is 73.5 cm³/mol. The van der Waals surface area contributed by atoms with Crippen LogP contribution in [0.5, 0.6) is 0 Å². The van der Waals surface area contributed by atoms with Crippen LogP contribution in [0, 0.1) is 11.6 Å². The molecule has 1 N–H and O–H groups in total. The zero-order valence-electron chi connectivity index (χ0n) is 9.38. The number of carbonyl (C=O) groups is 1. The standard InChI is InChI=1S/C13H7BrClF2NO/c14-8-5-4-7(16)6-11(8)18-13(19)12-9(15)2-1-3-10(12)17/h1-6H,(H,18,19). The number of benzene rings is 2. The fraction of sp³-hybridized carbons (Fsp3) is 0. The molecule has 0 bridgehead atoms. The summed E-state index contributed by atoms with van der Waals surface area (Å²) in [5.74, 6) is -2.00. The van der Waals surface area contributed by atoms with Crippen molar-refractivity contribution in [3.05, 3.63) is 63.1 Å². The van der Waals surface area contributed by atoms with Gasteiger partial charge < -0.3 is 5.32 Å². The van der Waals surface area contributed by atoms with Crippen molar-refractivity contribution in [3.63, 3.8) is 0 Å². The van der Waals surface area contributed by atoms with Crippen LogP contribution >= 0.6 is 27.5 Å². The van der Waals surface area contributed by atoms with Gasteiger partial charge in [0.05, 0.1) is 16.3 Å². The maximum atomic E-state index is 13.6. The Balaban J connectivity index is 2.34. The first-order valence-electron chi connectivity index (χ1n) is 5.19. The molecule has 2 nitrogen and oxygen atoms in total. The van der Waals surface area contributed by atoms with Gasteiger partial charge in [-0.2, -0.15) is 0 Å². The van der Waals surface area contributed by atoms with Gasteiger partial charge in [0.2, 0.25) is 0 Å². The van der Waals surface area contributed by atoms with Gasteiger partial charge in [0, 0.05) is 4.47 Å². The van der Waals surface area contributed by atoms with Crippen molar-refractivity contribution in [2.45, 2.75) is 0 Å². The maximum Gasteiger partial charge on any atom is 0.260 e. The molecule has 19 heavy (non-hydrogen) atoms. The smallest absolute Gasteiger partial charge is 0.260 e. The second kappa shape index (κ2) is 5.67. The summed E-state index contributed by atoms with van der Waals surface area (Å²) in [4.78, 5) is 11.9. The van der Waals surface area contributed by atoms with Crippen LogP contribution in [0.2, 0.25) is 5.02 Å². The van der Waals surface area contributed by atoms with Crippen LogP contribution in [-0.2, 0) is 0 Å². The Morgan fingerprint density at radius 2 is 1.95 bits per heavy atom. The van der Waals surface area contributed by atoms with Gasteiger partial charge in [-0.15, -0.1) is 0 Å². The molecule has 0 aliphatic rings. The number of amides is 1. The molecule has 1 amide bonds. The molecule has 0 spiro atoms. The summed E-state index contributed by atoms with van der Waals surface area (Å²) in [6, 6.07) is 7.72. The van der Waals surface area contributed by atoms with Crippen LogP contribution in [0.1, 0.15) is 10.4 Å². The lowest BCUT2D eigenvalue weighted by Gasteiger charge is -2.09. The van der Waals surface area contributed by atoms with Crippen molar-refractivity contribution in [1.82, 2.24) is 0 Å². The zero-order chi connectivity index (χ0) is 14.0. The highest BCUT2D eigenvalue weighted by molar-refractivity contribution is 9.10. The lowest BCUT2D eigenvalue weighted by molar-refractivity contribution is 0.102. The number of hydrogen-bond acceptors (Lipinski definition) is 1. The largest absolute Gasteiger partial charge is 0.321 e. The first kappa shape index (κ1) is 14.0. The lowest BCUT2D eigenvalue weighted by atomic mass is 10.2. The third kappa shape index (κ3) is 3.11. The van der Waals surface area contributed by atoms with E-state index in [1.807, 2.05) is 0 Å². The third-order valence-corrected chi connectivity index (χ3v) is 3.37. The van der Waals surface area contributed by atoms with Crippen molar-refractivity contribution in [2.24, 2.45) is 0 Å². The van der Waals surface area contributed by atoms with Crippen LogP contribution in [0.3, 0.4) is 0 Å². The van der Waals surface area contributed by atoms with E-state index in [4.69, 9.17) is 11.6 Å². The number of hydrogen-bond donors (Lipinski definition) is 1. The van der Waals surface area contributed by atoms with Gasteiger partial charge in [0.1, 0.15) is 11.6 Å². The fourth-order valence-electron chi connectivity index (χ4n) is 1.49. The Bertz CT molecular complexity index is 628. The highest BCUT2D eigenvalue weighted by Gasteiger charge is 2.16. The van der Waals surface area contributed by atoms with Crippen molar-refractivity contribution in [2.75, 3.05) is 5.32 Å². The molecule has 0 aromatic heterocycles. The second-order valence-corrected chi connectivity index (χ2v) is 4.94. The van der Waals surface area contributed by atoms with Crippen molar-refractivity contribution < 1.29 is 13.6 Å². The van der Waals surface area contributed by atoms with Crippen LogP contribution in [-0.4, -0.2) is 5.91 Å². The first-order valence-corrected chi connectivity index (χ1v) is 6.36. The van der Waals surface area contributed by atoms with Crippen LogP contribution in [0.25, 0.3) is 0 Å². The van der Waals surface area contributed by atoms with Gasteiger partial charge in [0.15, 0.2) is 0 Å². The Morgan fingerprint density at radius 1 is 1.21 bits per heavy atom. The highest BCUT2D eigenvalue weighted by Crippen LogP contribution is 2.25. The van der Waals surface area contributed by atoms with E-state index in [0.717, 1.165) is 12.1 Å². The number of nitrogens with one attached hydrogen (secondary N) is 1. The summed E-state index contributed by atoms with van der Waals surface area (Å²) >= 11 is 8.94. The highest BCUT2D eigenvalue weighted by atomic mass is 79.9. The first-order chi connectivity index (χ1) is 8.99. The van der Waals surface area contributed by atoms with Gasteiger partial charge in [-0.1, -0.05) is 17.7 Å². The molecule has 0 saturated heterocycles. The average molecular weight is 347 g/mol. The predicted octanol–water partition coefficient (Wildman–Crippen LogP) is 4.63. The van der Waals surface area contributed by atoms with E-state index < -0.39 is 17.5 Å². The molecule has 98 valence electrons. The van der Waals surface area contributed by atoms with Crippen LogP contribution in [0.15, 0.2) is 40.9 Å². The quantitative estimate of drug-likeness (QED) is 0.844. The normalized spacial score (nSPS) is 10.3. The van der Waals surface area contributed by atoms with Gasteiger partial charge in [-0.3, -0.25) is 4.79 Å². The summed E-state index contributed by atoms with van der Waals surface area (Å²) < 4.78 is 27.1. The minimum Gasteiger partial charge on any atom is -0.321 e. The van der Waals surface area contributed by atoms with E-state index in [-0.39, 0.29) is 16.3 Å². The van der Waals surface area contributed by atoms with E-state index >= 15 is 0 Å². The molecule has 0 radical (unpaired) electrons. The Kier molecular flexibility index (Phi) is 4.17. The van der Waals surface area contributed by atoms with E-state index in [1.165, 1.54) is 24.3 Å². The molecule has 0 saturated carbocycles. The molecule has 0 unspecified atom stereocenters. The van der Waals surface area contributed by atoms with Gasteiger partial charge >= 0.3 is 0 Å². The molecule has 2 aromatic rings. The van der Waals surface area contributed by atoms with Gasteiger partial charge in [0.25, 0.3) is 5.91 Å². The monoisotopic (exact) mass is 345 g/mol. The fourth-order valence-corrected chi connectivity index (χ4v) is 2.09. The Hall–Kier alpha value is -1.46. The minimum absolute atomic E-state index is 0.00924.